The zero-order chi connectivity index (χ0) is 12.7. The van der Waals surface area contributed by atoms with Crippen LogP contribution in [0.2, 0.25) is 0 Å². The van der Waals surface area contributed by atoms with E-state index in [-0.39, 0.29) is 0 Å². The normalized spacial score (nSPS) is 10.0. The van der Waals surface area contributed by atoms with Crippen molar-refractivity contribution in [3.63, 3.8) is 0 Å². The number of nitriles is 1. The molecule has 3 nitrogen and oxygen atoms in total. The van der Waals surface area contributed by atoms with Gasteiger partial charge in [0.25, 0.3) is 0 Å². The molecule has 0 bridgehead atoms. The third kappa shape index (κ3) is 4.07. The lowest BCUT2D eigenvalue weighted by molar-refractivity contribution is 0.303. The number of unbranched alkanes of at least 4 members (excludes halogenated alkanes) is 3. The second-order valence-corrected chi connectivity index (χ2v) is 4.24. The fraction of sp³-hybridized carbons (Fsp3) is 0.571. The summed E-state index contributed by atoms with van der Waals surface area (Å²) in [6, 6.07) is 3.99. The first-order valence-electron chi connectivity index (χ1n) is 6.20. The lowest BCUT2D eigenvalue weighted by Crippen LogP contribution is -2.02. The van der Waals surface area contributed by atoms with E-state index in [1.54, 1.807) is 0 Å². The van der Waals surface area contributed by atoms with Gasteiger partial charge in [-0.3, -0.25) is 4.98 Å². The molecular weight excluding hydrogens is 212 g/mol. The van der Waals surface area contributed by atoms with Gasteiger partial charge in [0.05, 0.1) is 12.3 Å². The molecule has 1 heterocycles. The zero-order valence-electron chi connectivity index (χ0n) is 10.9. The lowest BCUT2D eigenvalue weighted by Gasteiger charge is -2.10. The molecule has 0 N–H and O–H groups in total. The summed E-state index contributed by atoms with van der Waals surface area (Å²) >= 11 is 0. The minimum Gasteiger partial charge on any atom is -0.492 e. The van der Waals surface area contributed by atoms with Crippen LogP contribution in [0.15, 0.2) is 6.07 Å². The lowest BCUT2D eigenvalue weighted by atomic mass is 10.2. The van der Waals surface area contributed by atoms with Gasteiger partial charge in [-0.05, 0) is 20.3 Å². The van der Waals surface area contributed by atoms with E-state index in [9.17, 15) is 0 Å². The predicted molar refractivity (Wildman–Crippen MR) is 68.1 cm³/mol. The van der Waals surface area contributed by atoms with Gasteiger partial charge in [0.1, 0.15) is 17.4 Å². The molecule has 0 saturated carbocycles. The van der Waals surface area contributed by atoms with Crippen molar-refractivity contribution in [3.8, 4) is 11.8 Å². The molecule has 3 heteroatoms. The molecule has 0 aromatic carbocycles. The molecule has 0 aliphatic carbocycles. The molecule has 0 spiro atoms. The summed E-state index contributed by atoms with van der Waals surface area (Å²) in [5, 5.41) is 9.06. The van der Waals surface area contributed by atoms with Gasteiger partial charge in [0.2, 0.25) is 0 Å². The van der Waals surface area contributed by atoms with Gasteiger partial charge in [0, 0.05) is 11.8 Å². The highest BCUT2D eigenvalue weighted by Crippen LogP contribution is 2.21. The first-order chi connectivity index (χ1) is 8.19. The smallest absolute Gasteiger partial charge is 0.140 e. The number of hydrogen-bond acceptors (Lipinski definition) is 3. The SMILES string of the molecule is CCCCCCOc1cc(C)nc(C)c1C#N. The first-order valence-corrected chi connectivity index (χ1v) is 6.20. The van der Waals surface area contributed by atoms with E-state index in [2.05, 4.69) is 18.0 Å². The van der Waals surface area contributed by atoms with E-state index >= 15 is 0 Å². The van der Waals surface area contributed by atoms with Crippen LogP contribution < -0.4 is 4.74 Å². The maximum Gasteiger partial charge on any atom is 0.140 e. The van der Waals surface area contributed by atoms with E-state index in [0.29, 0.717) is 17.9 Å². The predicted octanol–water partition coefficient (Wildman–Crippen LogP) is 3.53. The molecule has 1 aromatic heterocycles. The number of ether oxygens (including phenoxy) is 1. The molecule has 0 atom stereocenters. The Bertz CT molecular complexity index is 407. The second-order valence-electron chi connectivity index (χ2n) is 4.24. The van der Waals surface area contributed by atoms with Gasteiger partial charge in [-0.15, -0.1) is 0 Å². The number of aryl methyl sites for hydroxylation is 2. The average Bonchev–Trinajstić information content (AvgIpc) is 2.28. The van der Waals surface area contributed by atoms with Crippen LogP contribution in [0, 0.1) is 25.2 Å². The Kier molecular flexibility index (Phi) is 5.48. The number of aromatic nitrogens is 1. The first kappa shape index (κ1) is 13.5. The molecule has 1 rings (SSSR count). The Hall–Kier alpha value is -1.56. The minimum absolute atomic E-state index is 0.561. The highest BCUT2D eigenvalue weighted by molar-refractivity contribution is 5.46. The Labute approximate surface area is 103 Å². The van der Waals surface area contributed by atoms with E-state index < -0.39 is 0 Å². The van der Waals surface area contributed by atoms with Crippen molar-refractivity contribution >= 4 is 0 Å². The molecule has 0 aliphatic heterocycles. The Morgan fingerprint density at radius 2 is 2.06 bits per heavy atom. The van der Waals surface area contributed by atoms with Gasteiger partial charge < -0.3 is 4.74 Å². The van der Waals surface area contributed by atoms with Crippen LogP contribution in [0.5, 0.6) is 5.75 Å². The second kappa shape index (κ2) is 6.90. The summed E-state index contributed by atoms with van der Waals surface area (Å²) in [6.07, 6.45) is 4.68. The third-order valence-electron chi connectivity index (χ3n) is 2.66. The fourth-order valence-corrected chi connectivity index (χ4v) is 1.75. The van der Waals surface area contributed by atoms with Crippen LogP contribution in [0.4, 0.5) is 0 Å². The van der Waals surface area contributed by atoms with Crippen molar-refractivity contribution in [1.29, 1.82) is 5.26 Å². The van der Waals surface area contributed by atoms with Crippen molar-refractivity contribution in [2.45, 2.75) is 46.5 Å². The van der Waals surface area contributed by atoms with Crippen molar-refractivity contribution < 1.29 is 4.74 Å². The quantitative estimate of drug-likeness (QED) is 0.705. The summed E-state index contributed by atoms with van der Waals surface area (Å²) in [5.41, 5.74) is 2.20. The monoisotopic (exact) mass is 232 g/mol. The van der Waals surface area contributed by atoms with Crippen LogP contribution in [0.25, 0.3) is 0 Å². The Morgan fingerprint density at radius 1 is 1.29 bits per heavy atom. The summed E-state index contributed by atoms with van der Waals surface area (Å²) in [4.78, 5) is 4.26. The highest BCUT2D eigenvalue weighted by Gasteiger charge is 2.08. The van der Waals surface area contributed by atoms with Gasteiger partial charge in [-0.25, -0.2) is 0 Å². The number of nitrogens with zero attached hydrogens (tertiary/aromatic N) is 2. The van der Waals surface area contributed by atoms with E-state index in [0.717, 1.165) is 17.8 Å². The van der Waals surface area contributed by atoms with Crippen LogP contribution in [-0.2, 0) is 0 Å². The van der Waals surface area contributed by atoms with Crippen molar-refractivity contribution in [3.05, 3.63) is 23.0 Å². The van der Waals surface area contributed by atoms with Crippen LogP contribution in [0.1, 0.15) is 49.6 Å². The zero-order valence-corrected chi connectivity index (χ0v) is 10.9. The molecule has 0 unspecified atom stereocenters. The molecule has 0 aliphatic rings. The molecule has 17 heavy (non-hydrogen) atoms. The number of rotatable bonds is 6. The third-order valence-corrected chi connectivity index (χ3v) is 2.66. The molecule has 0 radical (unpaired) electrons. The maximum absolute atomic E-state index is 9.06. The Balaban J connectivity index is 2.61. The van der Waals surface area contributed by atoms with E-state index in [1.165, 1.54) is 19.3 Å². The highest BCUT2D eigenvalue weighted by atomic mass is 16.5. The van der Waals surface area contributed by atoms with Gasteiger partial charge in [-0.1, -0.05) is 26.2 Å². The summed E-state index contributed by atoms with van der Waals surface area (Å²) in [6.45, 7) is 6.62. The van der Waals surface area contributed by atoms with E-state index in [1.807, 2.05) is 19.9 Å². The van der Waals surface area contributed by atoms with Gasteiger partial charge in [-0.2, -0.15) is 5.26 Å². The van der Waals surface area contributed by atoms with Crippen molar-refractivity contribution in [2.75, 3.05) is 6.61 Å². The van der Waals surface area contributed by atoms with Crippen LogP contribution in [-0.4, -0.2) is 11.6 Å². The van der Waals surface area contributed by atoms with Gasteiger partial charge >= 0.3 is 0 Å². The summed E-state index contributed by atoms with van der Waals surface area (Å²) in [7, 11) is 0. The number of pyridine rings is 1. The molecule has 0 amide bonds. The van der Waals surface area contributed by atoms with Crippen molar-refractivity contribution in [1.82, 2.24) is 4.98 Å². The van der Waals surface area contributed by atoms with E-state index in [4.69, 9.17) is 10.00 Å². The largest absolute Gasteiger partial charge is 0.492 e. The number of hydrogen-bond donors (Lipinski definition) is 0. The fourth-order valence-electron chi connectivity index (χ4n) is 1.75. The average molecular weight is 232 g/mol. The minimum atomic E-state index is 0.561. The summed E-state index contributed by atoms with van der Waals surface area (Å²) in [5.74, 6) is 0.675. The van der Waals surface area contributed by atoms with Crippen LogP contribution >= 0.6 is 0 Å². The molecule has 92 valence electrons. The summed E-state index contributed by atoms with van der Waals surface area (Å²) < 4.78 is 5.67. The maximum atomic E-state index is 9.06. The van der Waals surface area contributed by atoms with Crippen LogP contribution in [0.3, 0.4) is 0 Å². The Morgan fingerprint density at radius 3 is 2.71 bits per heavy atom. The van der Waals surface area contributed by atoms with Gasteiger partial charge in [0.15, 0.2) is 0 Å². The molecule has 0 fully saturated rings. The molecule has 0 saturated heterocycles. The molecular formula is C14H20N2O. The molecule has 1 aromatic rings. The van der Waals surface area contributed by atoms with Crippen molar-refractivity contribution in [2.24, 2.45) is 0 Å². The standard InChI is InChI=1S/C14H20N2O/c1-4-5-6-7-8-17-14-9-11(2)16-12(3)13(14)10-15/h9H,4-8H2,1-3H3. The topological polar surface area (TPSA) is 45.9 Å².